The second-order valence-corrected chi connectivity index (χ2v) is 8.22. The molecule has 14 nitrogen and oxygen atoms in total. The average molecular weight is 486 g/mol. The van der Waals surface area contributed by atoms with Crippen LogP contribution < -0.4 is 33.6 Å². The van der Waals surface area contributed by atoms with Gasteiger partial charge in [-0.15, -0.1) is 0 Å². The van der Waals surface area contributed by atoms with Crippen LogP contribution in [0, 0.1) is 0 Å². The molecule has 192 valence electrons. The number of primary amides is 2. The molecular weight excluding hydrogens is 450 g/mol. The molecule has 5 amide bonds. The zero-order valence-corrected chi connectivity index (χ0v) is 19.0. The van der Waals surface area contributed by atoms with E-state index in [1.807, 2.05) is 0 Å². The van der Waals surface area contributed by atoms with E-state index >= 15 is 0 Å². The summed E-state index contributed by atoms with van der Waals surface area (Å²) in [5, 5.41) is 14.1. The van der Waals surface area contributed by atoms with E-state index in [-0.39, 0.29) is 25.8 Å². The van der Waals surface area contributed by atoms with E-state index in [0.717, 1.165) is 0 Å². The number of hydrogen-bond donors (Lipinski definition) is 7. The molecule has 4 atom stereocenters. The van der Waals surface area contributed by atoms with E-state index in [4.69, 9.17) is 22.9 Å². The lowest BCUT2D eigenvalue weighted by molar-refractivity contribution is -0.143. The number of aliphatic carboxylic acids is 1. The Labute approximate surface area is 197 Å². The molecule has 0 saturated carbocycles. The van der Waals surface area contributed by atoms with E-state index in [1.54, 1.807) is 0 Å². The zero-order chi connectivity index (χ0) is 25.8. The van der Waals surface area contributed by atoms with Crippen LogP contribution in [0.3, 0.4) is 0 Å². The highest BCUT2D eigenvalue weighted by molar-refractivity contribution is 5.96. The van der Waals surface area contributed by atoms with Gasteiger partial charge in [-0.25, -0.2) is 4.79 Å². The molecule has 0 aromatic rings. The Balaban J connectivity index is 2.87. The molecule has 1 fully saturated rings. The van der Waals surface area contributed by atoms with Crippen LogP contribution in [0.5, 0.6) is 0 Å². The monoisotopic (exact) mass is 485 g/mol. The molecule has 0 aromatic heterocycles. The molecule has 1 rings (SSSR count). The lowest BCUT2D eigenvalue weighted by Crippen LogP contribution is -2.57. The van der Waals surface area contributed by atoms with Gasteiger partial charge in [-0.05, 0) is 45.1 Å². The summed E-state index contributed by atoms with van der Waals surface area (Å²) in [6.07, 6.45) is 1.29. The van der Waals surface area contributed by atoms with Gasteiger partial charge in [0.2, 0.25) is 29.5 Å². The predicted octanol–water partition coefficient (Wildman–Crippen LogP) is -3.37. The van der Waals surface area contributed by atoms with Gasteiger partial charge in [-0.1, -0.05) is 0 Å². The lowest BCUT2D eigenvalue weighted by Gasteiger charge is -2.28. The summed E-state index contributed by atoms with van der Waals surface area (Å²) in [7, 11) is 0. The quantitative estimate of drug-likeness (QED) is 0.114. The van der Waals surface area contributed by atoms with Crippen LogP contribution in [0.2, 0.25) is 0 Å². The summed E-state index contributed by atoms with van der Waals surface area (Å²) in [5.41, 5.74) is 21.5. The summed E-state index contributed by atoms with van der Waals surface area (Å²) >= 11 is 0. The van der Waals surface area contributed by atoms with Gasteiger partial charge in [0.15, 0.2) is 0 Å². The number of amides is 5. The number of hydrogen-bond acceptors (Lipinski definition) is 8. The highest BCUT2D eigenvalue weighted by atomic mass is 16.4. The highest BCUT2D eigenvalue weighted by Crippen LogP contribution is 2.19. The first-order chi connectivity index (χ1) is 16.0. The van der Waals surface area contributed by atoms with Crippen LogP contribution in [0.25, 0.3) is 0 Å². The molecule has 0 radical (unpaired) electrons. The van der Waals surface area contributed by atoms with Gasteiger partial charge in [-0.3, -0.25) is 24.0 Å². The van der Waals surface area contributed by atoms with Crippen LogP contribution in [-0.2, 0) is 28.8 Å². The summed E-state index contributed by atoms with van der Waals surface area (Å²) in [5.74, 6) is -4.90. The number of unbranched alkanes of at least 4 members (excludes halogenated alkanes) is 1. The Morgan fingerprint density at radius 3 is 2.21 bits per heavy atom. The fraction of sp³-hybridized carbons (Fsp3) is 0.700. The summed E-state index contributed by atoms with van der Waals surface area (Å²) in [6.45, 7) is 0.611. The van der Waals surface area contributed by atoms with Crippen molar-refractivity contribution < 1.29 is 33.9 Å². The molecule has 0 spiro atoms. The molecule has 14 heteroatoms. The third-order valence-corrected chi connectivity index (χ3v) is 5.46. The minimum Gasteiger partial charge on any atom is -0.480 e. The fourth-order valence-corrected chi connectivity index (χ4v) is 3.64. The van der Waals surface area contributed by atoms with E-state index < -0.39 is 66.1 Å². The molecule has 34 heavy (non-hydrogen) atoms. The molecule has 11 N–H and O–H groups in total. The third-order valence-electron chi connectivity index (χ3n) is 5.46. The maximum atomic E-state index is 12.9. The number of carbonyl (C=O) groups excluding carboxylic acids is 5. The van der Waals surface area contributed by atoms with E-state index in [2.05, 4.69) is 10.6 Å². The smallest absolute Gasteiger partial charge is 0.326 e. The molecule has 0 bridgehead atoms. The van der Waals surface area contributed by atoms with Gasteiger partial charge in [0, 0.05) is 13.0 Å². The first kappa shape index (κ1) is 28.8. The van der Waals surface area contributed by atoms with Crippen LogP contribution in [0.15, 0.2) is 0 Å². The minimum absolute atomic E-state index is 0.0203. The SMILES string of the molecule is NCCCCC(NC(=O)C(CC(N)=O)NC(=O)C1CCCN1C(=O)C(N)CCC(N)=O)C(=O)O. The largest absolute Gasteiger partial charge is 0.480 e. The number of nitrogens with two attached hydrogens (primary N) is 4. The van der Waals surface area contributed by atoms with Crippen molar-refractivity contribution in [1.29, 1.82) is 0 Å². The lowest BCUT2D eigenvalue weighted by atomic mass is 10.1. The molecule has 4 unspecified atom stereocenters. The van der Waals surface area contributed by atoms with Gasteiger partial charge < -0.3 is 43.6 Å². The first-order valence-electron chi connectivity index (χ1n) is 11.1. The van der Waals surface area contributed by atoms with Crippen molar-refractivity contribution in [2.24, 2.45) is 22.9 Å². The van der Waals surface area contributed by atoms with E-state index in [0.29, 0.717) is 32.2 Å². The van der Waals surface area contributed by atoms with Crippen LogP contribution in [-0.4, -0.2) is 82.8 Å². The van der Waals surface area contributed by atoms with Gasteiger partial charge in [0.05, 0.1) is 12.5 Å². The van der Waals surface area contributed by atoms with Crippen molar-refractivity contribution in [3.63, 3.8) is 0 Å². The second kappa shape index (κ2) is 14.1. The Kier molecular flexibility index (Phi) is 11.9. The zero-order valence-electron chi connectivity index (χ0n) is 19.0. The number of carboxylic acids is 1. The molecule has 1 aliphatic rings. The Hall–Kier alpha value is -3.26. The van der Waals surface area contributed by atoms with Crippen molar-refractivity contribution in [2.75, 3.05) is 13.1 Å². The van der Waals surface area contributed by atoms with Crippen molar-refractivity contribution in [3.8, 4) is 0 Å². The molecular formula is C20H35N7O7. The summed E-state index contributed by atoms with van der Waals surface area (Å²) in [6, 6.07) is -4.65. The molecule has 0 aromatic carbocycles. The number of carbonyl (C=O) groups is 6. The third kappa shape index (κ3) is 9.31. The van der Waals surface area contributed by atoms with Crippen molar-refractivity contribution in [2.45, 2.75) is 75.5 Å². The minimum atomic E-state index is -1.43. The normalized spacial score (nSPS) is 17.9. The average Bonchev–Trinajstić information content (AvgIpc) is 3.25. The number of likely N-dealkylation sites (tertiary alicyclic amines) is 1. The number of nitrogens with zero attached hydrogens (tertiary/aromatic N) is 1. The maximum absolute atomic E-state index is 12.9. The van der Waals surface area contributed by atoms with Crippen molar-refractivity contribution in [3.05, 3.63) is 0 Å². The Morgan fingerprint density at radius 2 is 1.65 bits per heavy atom. The van der Waals surface area contributed by atoms with E-state index in [9.17, 15) is 33.9 Å². The summed E-state index contributed by atoms with van der Waals surface area (Å²) in [4.78, 5) is 73.4. The van der Waals surface area contributed by atoms with Gasteiger partial charge in [0.25, 0.3) is 0 Å². The van der Waals surface area contributed by atoms with Crippen LogP contribution >= 0.6 is 0 Å². The molecule has 1 saturated heterocycles. The second-order valence-electron chi connectivity index (χ2n) is 8.22. The molecule has 1 heterocycles. The van der Waals surface area contributed by atoms with Gasteiger partial charge in [-0.2, -0.15) is 0 Å². The standard InChI is InChI=1S/C20H35N7O7/c21-8-2-1-4-12(20(33)34)25-17(30)13(10-16(24)29)26-18(31)14-5-3-9-27(14)19(32)11(22)6-7-15(23)28/h11-14H,1-10,21-22H2,(H2,23,28)(H2,24,29)(H,25,30)(H,26,31)(H,33,34). The highest BCUT2D eigenvalue weighted by Gasteiger charge is 2.38. The summed E-state index contributed by atoms with van der Waals surface area (Å²) < 4.78 is 0. The number of carboxylic acid groups (broad SMARTS) is 1. The predicted molar refractivity (Wildman–Crippen MR) is 119 cm³/mol. The Morgan fingerprint density at radius 1 is 0.971 bits per heavy atom. The molecule has 0 aliphatic carbocycles. The Bertz CT molecular complexity index is 776. The van der Waals surface area contributed by atoms with E-state index in [1.165, 1.54) is 4.90 Å². The first-order valence-corrected chi connectivity index (χ1v) is 11.1. The number of rotatable bonds is 15. The van der Waals surface area contributed by atoms with Crippen LogP contribution in [0.4, 0.5) is 0 Å². The van der Waals surface area contributed by atoms with Gasteiger partial charge in [0.1, 0.15) is 18.1 Å². The number of nitrogens with one attached hydrogen (secondary N) is 2. The van der Waals surface area contributed by atoms with Crippen LogP contribution in [0.1, 0.15) is 51.4 Å². The molecule has 1 aliphatic heterocycles. The topological polar surface area (TPSA) is 254 Å². The maximum Gasteiger partial charge on any atom is 0.326 e. The van der Waals surface area contributed by atoms with Crippen molar-refractivity contribution in [1.82, 2.24) is 15.5 Å². The fourth-order valence-electron chi connectivity index (χ4n) is 3.64. The van der Waals surface area contributed by atoms with Crippen molar-refractivity contribution >= 4 is 35.5 Å². The van der Waals surface area contributed by atoms with Gasteiger partial charge >= 0.3 is 5.97 Å².